The molecular weight excluding hydrogens is 580 g/mol. The molecule has 0 aliphatic carbocycles. The Morgan fingerprint density at radius 3 is 1.40 bits per heavy atom. The van der Waals surface area contributed by atoms with Gasteiger partial charge >= 0.3 is 11.9 Å². The Balaban J connectivity index is 1.65. The number of unbranched alkanes of at least 4 members (excludes halogenated alkanes) is 4. The number of aliphatic hydroxyl groups is 2. The molecule has 0 bridgehead atoms. The summed E-state index contributed by atoms with van der Waals surface area (Å²) in [6.07, 6.45) is 9.39. The smallest absolute Gasteiger partial charge is 0.330 e. The summed E-state index contributed by atoms with van der Waals surface area (Å²) in [5.74, 6) is -0.636. The van der Waals surface area contributed by atoms with Crippen LogP contribution in [-0.4, -0.2) is 73.4 Å². The molecule has 0 unspecified atom stereocenters. The quantitative estimate of drug-likeness (QED) is 0.0804. The number of esters is 2. The zero-order chi connectivity index (χ0) is 32.9. The highest BCUT2D eigenvalue weighted by Crippen LogP contribution is 2.21. The molecule has 0 aliphatic rings. The van der Waals surface area contributed by atoms with Gasteiger partial charge in [0.1, 0.15) is 11.5 Å². The summed E-state index contributed by atoms with van der Waals surface area (Å²) in [4.78, 5) is 48.0. The summed E-state index contributed by atoms with van der Waals surface area (Å²) in [6.45, 7) is 0.410. The van der Waals surface area contributed by atoms with Crippen LogP contribution in [0.4, 0.5) is 0 Å². The highest BCUT2D eigenvalue weighted by Gasteiger charge is 2.41. The molecule has 2 aromatic rings. The maximum Gasteiger partial charge on any atom is 0.330 e. The molecule has 0 aliphatic heterocycles. The lowest BCUT2D eigenvalue weighted by molar-refractivity contribution is -0.152. The van der Waals surface area contributed by atoms with Gasteiger partial charge in [-0.15, -0.1) is 0 Å². The molecule has 0 aromatic heterocycles. The first-order chi connectivity index (χ1) is 21.7. The molecule has 0 saturated carbocycles. The van der Waals surface area contributed by atoms with Gasteiger partial charge in [0, 0.05) is 38.0 Å². The fraction of sp³-hybridized carbons (Fsp3) is 0.429. The van der Waals surface area contributed by atoms with E-state index in [0.29, 0.717) is 63.2 Å². The molecule has 0 saturated heterocycles. The normalized spacial score (nSPS) is 11.5. The topological polar surface area (TPSA) is 146 Å². The fourth-order valence-corrected chi connectivity index (χ4v) is 4.33. The fourth-order valence-electron chi connectivity index (χ4n) is 4.33. The van der Waals surface area contributed by atoms with Crippen LogP contribution < -0.4 is 9.47 Å². The maximum atomic E-state index is 12.8. The minimum absolute atomic E-state index is 0.0363. The molecular formula is C35H44O10. The van der Waals surface area contributed by atoms with Gasteiger partial charge in [0.25, 0.3) is 0 Å². The van der Waals surface area contributed by atoms with Crippen LogP contribution in [-0.2, 0) is 28.7 Å². The minimum atomic E-state index is -2.17. The minimum Gasteiger partial charge on any atom is -0.494 e. The number of rotatable bonds is 22. The van der Waals surface area contributed by atoms with Crippen molar-refractivity contribution in [2.45, 2.75) is 63.4 Å². The van der Waals surface area contributed by atoms with Crippen molar-refractivity contribution in [1.82, 2.24) is 0 Å². The monoisotopic (exact) mass is 624 g/mol. The van der Waals surface area contributed by atoms with E-state index in [4.69, 9.17) is 9.47 Å². The molecule has 2 rings (SSSR count). The second kappa shape index (κ2) is 20.6. The second-order valence-electron chi connectivity index (χ2n) is 10.3. The van der Waals surface area contributed by atoms with Gasteiger partial charge in [-0.1, -0.05) is 24.3 Å². The first-order valence-electron chi connectivity index (χ1n) is 15.1. The van der Waals surface area contributed by atoms with Gasteiger partial charge in [0.15, 0.2) is 17.2 Å². The SMILES string of the molecule is COC(=O)/C=C/c1ccc(OCCCCCC(=O)C(O)(CCO)C(=O)CCCCCOc2ccc(/C=C/C(=O)OC)cc2)cc1. The molecule has 2 aromatic carbocycles. The van der Waals surface area contributed by atoms with E-state index >= 15 is 0 Å². The first-order valence-corrected chi connectivity index (χ1v) is 15.1. The van der Waals surface area contributed by atoms with Gasteiger partial charge in [-0.05, 0) is 86.1 Å². The molecule has 0 fully saturated rings. The van der Waals surface area contributed by atoms with Crippen LogP contribution in [0, 0.1) is 0 Å². The second-order valence-corrected chi connectivity index (χ2v) is 10.3. The summed E-state index contributed by atoms with van der Waals surface area (Å²) in [5, 5.41) is 20.3. The zero-order valence-electron chi connectivity index (χ0n) is 26.1. The van der Waals surface area contributed by atoms with Gasteiger partial charge in [0.05, 0.1) is 27.4 Å². The van der Waals surface area contributed by atoms with E-state index in [9.17, 15) is 29.4 Å². The lowest BCUT2D eigenvalue weighted by Gasteiger charge is -2.24. The Morgan fingerprint density at radius 1 is 0.644 bits per heavy atom. The Bertz CT molecular complexity index is 1170. The van der Waals surface area contributed by atoms with Gasteiger partial charge in [-0.3, -0.25) is 9.59 Å². The van der Waals surface area contributed by atoms with Crippen molar-refractivity contribution in [2.75, 3.05) is 34.0 Å². The standard InChI is InChI=1S/C35H44O10/c1-42-33(39)21-15-27-11-17-29(18-12-27)44-25-7-3-5-9-31(37)35(41,23-24-36)32(38)10-6-4-8-26-45-30-19-13-28(14-20-30)16-22-34(40)43-2/h11-22,36,41H,3-10,23-26H2,1-2H3/b21-15+,22-16+. The molecule has 0 amide bonds. The van der Waals surface area contributed by atoms with E-state index in [0.717, 1.165) is 11.1 Å². The third kappa shape index (κ3) is 13.9. The van der Waals surface area contributed by atoms with Crippen LogP contribution in [0.1, 0.15) is 68.9 Å². The molecule has 10 heteroatoms. The van der Waals surface area contributed by atoms with Crippen molar-refractivity contribution in [3.63, 3.8) is 0 Å². The van der Waals surface area contributed by atoms with Crippen LogP contribution in [0.5, 0.6) is 11.5 Å². The van der Waals surface area contributed by atoms with E-state index in [2.05, 4.69) is 9.47 Å². The molecule has 0 spiro atoms. The zero-order valence-corrected chi connectivity index (χ0v) is 26.1. The summed E-state index contributed by atoms with van der Waals surface area (Å²) in [5.41, 5.74) is -0.510. The number of carbonyl (C=O) groups is 4. The largest absolute Gasteiger partial charge is 0.494 e. The highest BCUT2D eigenvalue weighted by molar-refractivity contribution is 6.10. The van der Waals surface area contributed by atoms with Crippen molar-refractivity contribution < 1.29 is 48.3 Å². The van der Waals surface area contributed by atoms with E-state index in [-0.39, 0.29) is 19.3 Å². The first kappa shape index (κ1) is 36.9. The highest BCUT2D eigenvalue weighted by atomic mass is 16.5. The van der Waals surface area contributed by atoms with Gasteiger partial charge in [-0.2, -0.15) is 0 Å². The Morgan fingerprint density at radius 2 is 1.04 bits per heavy atom. The maximum absolute atomic E-state index is 12.8. The number of hydrogen-bond donors (Lipinski definition) is 2. The molecule has 10 nitrogen and oxygen atoms in total. The van der Waals surface area contributed by atoms with E-state index < -0.39 is 35.7 Å². The number of carbonyl (C=O) groups excluding carboxylic acids is 4. The van der Waals surface area contributed by atoms with Gasteiger partial charge in [0.2, 0.25) is 0 Å². The van der Waals surface area contributed by atoms with Crippen LogP contribution in [0.2, 0.25) is 0 Å². The third-order valence-electron chi connectivity index (χ3n) is 7.02. The molecule has 244 valence electrons. The van der Waals surface area contributed by atoms with Crippen molar-refractivity contribution in [3.05, 3.63) is 71.8 Å². The number of aliphatic hydroxyl groups excluding tert-OH is 1. The Hall–Kier alpha value is -4.28. The summed E-state index contributed by atoms with van der Waals surface area (Å²) in [6, 6.07) is 14.4. The van der Waals surface area contributed by atoms with Crippen molar-refractivity contribution in [2.24, 2.45) is 0 Å². The Kier molecular flexibility index (Phi) is 16.9. The number of ether oxygens (including phenoxy) is 4. The number of ketones is 2. The van der Waals surface area contributed by atoms with Crippen molar-refractivity contribution in [1.29, 1.82) is 0 Å². The van der Waals surface area contributed by atoms with Crippen molar-refractivity contribution in [3.8, 4) is 11.5 Å². The molecule has 0 atom stereocenters. The van der Waals surface area contributed by atoms with E-state index in [1.165, 1.54) is 26.4 Å². The average molecular weight is 625 g/mol. The molecule has 0 heterocycles. The van der Waals surface area contributed by atoms with E-state index in [1.807, 2.05) is 24.3 Å². The summed E-state index contributed by atoms with van der Waals surface area (Å²) >= 11 is 0. The summed E-state index contributed by atoms with van der Waals surface area (Å²) < 4.78 is 20.6. The number of methoxy groups -OCH3 is 2. The number of Topliss-reactive ketones (excluding diaryl/α,β-unsaturated/α-hetero) is 2. The van der Waals surface area contributed by atoms with Gasteiger partial charge in [-0.25, -0.2) is 9.59 Å². The molecule has 0 radical (unpaired) electrons. The summed E-state index contributed by atoms with van der Waals surface area (Å²) in [7, 11) is 2.63. The lowest BCUT2D eigenvalue weighted by atomic mass is 9.85. The average Bonchev–Trinajstić information content (AvgIpc) is 3.06. The van der Waals surface area contributed by atoms with Gasteiger partial charge < -0.3 is 29.2 Å². The number of hydrogen-bond acceptors (Lipinski definition) is 10. The van der Waals surface area contributed by atoms with Crippen LogP contribution in [0.15, 0.2) is 60.7 Å². The third-order valence-corrected chi connectivity index (χ3v) is 7.02. The van der Waals surface area contributed by atoms with E-state index in [1.54, 1.807) is 36.4 Å². The number of benzene rings is 2. The Labute approximate surface area is 264 Å². The molecule has 2 N–H and O–H groups in total. The predicted octanol–water partition coefficient (Wildman–Crippen LogP) is 4.89. The van der Waals surface area contributed by atoms with Crippen LogP contribution in [0.25, 0.3) is 12.2 Å². The predicted molar refractivity (Wildman–Crippen MR) is 170 cm³/mol. The lowest BCUT2D eigenvalue weighted by Crippen LogP contribution is -2.47. The molecule has 45 heavy (non-hydrogen) atoms. The van der Waals surface area contributed by atoms with Crippen LogP contribution in [0.3, 0.4) is 0 Å². The van der Waals surface area contributed by atoms with Crippen molar-refractivity contribution >= 4 is 35.7 Å². The van der Waals surface area contributed by atoms with Crippen LogP contribution >= 0.6 is 0 Å².